The fourth-order valence-corrected chi connectivity index (χ4v) is 2.83. The molecular weight excluding hydrogens is 364 g/mol. The van der Waals surface area contributed by atoms with Crippen molar-refractivity contribution in [3.63, 3.8) is 0 Å². The van der Waals surface area contributed by atoms with Gasteiger partial charge < -0.3 is 10.2 Å². The van der Waals surface area contributed by atoms with Crippen LogP contribution in [0.4, 0.5) is 11.4 Å². The number of aryl methyl sites for hydroxylation is 1. The second-order valence-corrected chi connectivity index (χ2v) is 6.44. The normalized spacial score (nSPS) is 11.1. The van der Waals surface area contributed by atoms with Crippen LogP contribution in [0.5, 0.6) is 5.75 Å². The molecule has 0 bridgehead atoms. The number of halogens is 1. The third-order valence-electron chi connectivity index (χ3n) is 3.99. The lowest BCUT2D eigenvalue weighted by Crippen LogP contribution is -2.01. The SMILES string of the molecule is Cc1cc(CO)c(O)c(N=Nc2ccc(Cl)cc2C(=O)c2ccccc2)c1. The third-order valence-corrected chi connectivity index (χ3v) is 4.22. The van der Waals surface area contributed by atoms with Crippen molar-refractivity contribution in [3.05, 3.63) is 87.9 Å². The van der Waals surface area contributed by atoms with Crippen LogP contribution in [0.15, 0.2) is 70.9 Å². The molecule has 5 nitrogen and oxygen atoms in total. The molecule has 0 atom stereocenters. The Morgan fingerprint density at radius 2 is 1.70 bits per heavy atom. The topological polar surface area (TPSA) is 82.2 Å². The van der Waals surface area contributed by atoms with Gasteiger partial charge in [0, 0.05) is 16.1 Å². The van der Waals surface area contributed by atoms with Crippen molar-refractivity contribution >= 4 is 28.8 Å². The maximum absolute atomic E-state index is 12.8. The molecular formula is C21H17ClN2O3. The summed E-state index contributed by atoms with van der Waals surface area (Å²) in [6.45, 7) is 1.51. The molecule has 0 fully saturated rings. The Balaban J connectivity index is 2.03. The van der Waals surface area contributed by atoms with E-state index >= 15 is 0 Å². The maximum atomic E-state index is 12.8. The van der Waals surface area contributed by atoms with Gasteiger partial charge in [0.05, 0.1) is 17.9 Å². The molecule has 0 heterocycles. The standard InChI is InChI=1S/C21H17ClN2O3/c1-13-9-15(12-25)21(27)19(10-13)24-23-18-8-7-16(22)11-17(18)20(26)14-5-3-2-4-6-14/h2-11,25,27H,12H2,1H3. The van der Waals surface area contributed by atoms with E-state index < -0.39 is 0 Å². The van der Waals surface area contributed by atoms with Crippen molar-refractivity contribution in [2.75, 3.05) is 0 Å². The molecule has 2 N–H and O–H groups in total. The van der Waals surface area contributed by atoms with Gasteiger partial charge in [-0.1, -0.05) is 41.9 Å². The number of rotatable bonds is 5. The largest absolute Gasteiger partial charge is 0.505 e. The number of aliphatic hydroxyl groups excluding tert-OH is 1. The summed E-state index contributed by atoms with van der Waals surface area (Å²) in [5.41, 5.74) is 2.55. The van der Waals surface area contributed by atoms with E-state index in [9.17, 15) is 15.0 Å². The average molecular weight is 381 g/mol. The lowest BCUT2D eigenvalue weighted by Gasteiger charge is -2.07. The Kier molecular flexibility index (Phi) is 5.64. The molecule has 0 unspecified atom stereocenters. The van der Waals surface area contributed by atoms with Gasteiger partial charge >= 0.3 is 0 Å². The van der Waals surface area contributed by atoms with Crippen LogP contribution >= 0.6 is 11.6 Å². The fraction of sp³-hybridized carbons (Fsp3) is 0.0952. The van der Waals surface area contributed by atoms with E-state index in [1.54, 1.807) is 54.6 Å². The van der Waals surface area contributed by atoms with E-state index in [1.165, 1.54) is 0 Å². The predicted molar refractivity (Wildman–Crippen MR) is 104 cm³/mol. The lowest BCUT2D eigenvalue weighted by atomic mass is 10.0. The number of aliphatic hydroxyl groups is 1. The molecule has 27 heavy (non-hydrogen) atoms. The van der Waals surface area contributed by atoms with Gasteiger partial charge in [-0.3, -0.25) is 4.79 Å². The van der Waals surface area contributed by atoms with Crippen molar-refractivity contribution in [3.8, 4) is 5.75 Å². The second-order valence-electron chi connectivity index (χ2n) is 6.01. The number of carbonyl (C=O) groups excluding carboxylic acids is 1. The van der Waals surface area contributed by atoms with Crippen LogP contribution in [0.2, 0.25) is 5.02 Å². The molecule has 0 aliphatic heterocycles. The number of aromatic hydroxyl groups is 1. The molecule has 0 spiro atoms. The van der Waals surface area contributed by atoms with Gasteiger partial charge in [0.15, 0.2) is 5.78 Å². The van der Waals surface area contributed by atoms with Gasteiger partial charge in [0.2, 0.25) is 0 Å². The highest BCUT2D eigenvalue weighted by atomic mass is 35.5. The van der Waals surface area contributed by atoms with Crippen LogP contribution < -0.4 is 0 Å². The lowest BCUT2D eigenvalue weighted by molar-refractivity contribution is 0.103. The van der Waals surface area contributed by atoms with Gasteiger partial charge in [-0.25, -0.2) is 0 Å². The van der Waals surface area contributed by atoms with E-state index in [2.05, 4.69) is 10.2 Å². The van der Waals surface area contributed by atoms with Crippen molar-refractivity contribution in [1.29, 1.82) is 0 Å². The van der Waals surface area contributed by atoms with Crippen molar-refractivity contribution in [2.45, 2.75) is 13.5 Å². The third kappa shape index (κ3) is 4.22. The van der Waals surface area contributed by atoms with Crippen LogP contribution in [0, 0.1) is 6.92 Å². The van der Waals surface area contributed by atoms with E-state index in [1.807, 2.05) is 13.0 Å². The first-order valence-corrected chi connectivity index (χ1v) is 8.62. The number of phenols is 1. The zero-order chi connectivity index (χ0) is 19.4. The first-order chi connectivity index (χ1) is 13.0. The molecule has 3 aromatic carbocycles. The summed E-state index contributed by atoms with van der Waals surface area (Å²) in [6.07, 6.45) is 0. The monoisotopic (exact) mass is 380 g/mol. The van der Waals surface area contributed by atoms with Crippen LogP contribution in [0.1, 0.15) is 27.0 Å². The summed E-state index contributed by atoms with van der Waals surface area (Å²) in [6, 6.07) is 16.9. The number of carbonyl (C=O) groups is 1. The first kappa shape index (κ1) is 18.8. The summed E-state index contributed by atoms with van der Waals surface area (Å²) in [5, 5.41) is 28.2. The summed E-state index contributed by atoms with van der Waals surface area (Å²) in [5.74, 6) is -0.367. The summed E-state index contributed by atoms with van der Waals surface area (Å²) >= 11 is 6.06. The molecule has 3 rings (SSSR count). The molecule has 0 saturated heterocycles. The zero-order valence-corrected chi connectivity index (χ0v) is 15.3. The molecule has 136 valence electrons. The van der Waals surface area contributed by atoms with Gasteiger partial charge in [-0.05, 0) is 42.8 Å². The highest BCUT2D eigenvalue weighted by Gasteiger charge is 2.15. The average Bonchev–Trinajstić information content (AvgIpc) is 2.69. The molecule has 6 heteroatoms. The van der Waals surface area contributed by atoms with Crippen LogP contribution in [-0.2, 0) is 6.61 Å². The van der Waals surface area contributed by atoms with E-state index in [4.69, 9.17) is 11.6 Å². The van der Waals surface area contributed by atoms with Gasteiger partial charge in [-0.2, -0.15) is 0 Å². The minimum Gasteiger partial charge on any atom is -0.505 e. The molecule has 0 aromatic heterocycles. The van der Waals surface area contributed by atoms with E-state index in [0.29, 0.717) is 27.4 Å². The number of benzene rings is 3. The zero-order valence-electron chi connectivity index (χ0n) is 14.6. The number of hydrogen-bond donors (Lipinski definition) is 2. The van der Waals surface area contributed by atoms with Crippen LogP contribution in [-0.4, -0.2) is 16.0 Å². The number of azo groups is 1. The summed E-state index contributed by atoms with van der Waals surface area (Å²) in [7, 11) is 0. The Morgan fingerprint density at radius 3 is 2.41 bits per heavy atom. The van der Waals surface area contributed by atoms with E-state index in [0.717, 1.165) is 5.56 Å². The van der Waals surface area contributed by atoms with Gasteiger partial charge in [0.1, 0.15) is 11.4 Å². The Morgan fingerprint density at radius 1 is 1.00 bits per heavy atom. The minimum atomic E-state index is -0.311. The summed E-state index contributed by atoms with van der Waals surface area (Å²) in [4.78, 5) is 12.8. The molecule has 0 aliphatic rings. The minimum absolute atomic E-state index is 0.142. The molecule has 0 amide bonds. The highest BCUT2D eigenvalue weighted by molar-refractivity contribution is 6.31. The van der Waals surface area contributed by atoms with Crippen LogP contribution in [0.3, 0.4) is 0 Å². The number of hydrogen-bond acceptors (Lipinski definition) is 5. The first-order valence-electron chi connectivity index (χ1n) is 8.24. The fourth-order valence-electron chi connectivity index (χ4n) is 2.66. The second kappa shape index (κ2) is 8.12. The van der Waals surface area contributed by atoms with Gasteiger partial charge in [-0.15, -0.1) is 10.2 Å². The molecule has 0 saturated carbocycles. The predicted octanol–water partition coefficient (Wildman–Crippen LogP) is 5.49. The smallest absolute Gasteiger partial charge is 0.195 e. The number of nitrogens with zero attached hydrogens (tertiary/aromatic N) is 2. The van der Waals surface area contributed by atoms with Crippen molar-refractivity contribution in [1.82, 2.24) is 0 Å². The van der Waals surface area contributed by atoms with Crippen molar-refractivity contribution in [2.24, 2.45) is 10.2 Å². The maximum Gasteiger partial charge on any atom is 0.195 e. The Labute approximate surface area is 161 Å². The Bertz CT molecular complexity index is 1020. The summed E-state index contributed by atoms with van der Waals surface area (Å²) < 4.78 is 0. The van der Waals surface area contributed by atoms with Crippen molar-refractivity contribution < 1.29 is 15.0 Å². The van der Waals surface area contributed by atoms with Gasteiger partial charge in [0.25, 0.3) is 0 Å². The molecule has 0 radical (unpaired) electrons. The Hall–Kier alpha value is -3.02. The molecule has 3 aromatic rings. The van der Waals surface area contributed by atoms with E-state index in [-0.39, 0.29) is 23.8 Å². The number of ketones is 1. The molecule has 0 aliphatic carbocycles. The quantitative estimate of drug-likeness (QED) is 0.453. The highest BCUT2D eigenvalue weighted by Crippen LogP contribution is 2.34. The van der Waals surface area contributed by atoms with Crippen LogP contribution in [0.25, 0.3) is 0 Å².